The topological polar surface area (TPSA) is 70.7 Å². The molecule has 0 atom stereocenters. The van der Waals surface area contributed by atoms with Crippen molar-refractivity contribution in [2.45, 2.75) is 10.9 Å². The van der Waals surface area contributed by atoms with Gasteiger partial charge in [-0.1, -0.05) is 23.9 Å². The minimum Gasteiger partial charge on any atom is -0.497 e. The van der Waals surface area contributed by atoms with Crippen LogP contribution in [0.2, 0.25) is 0 Å². The molecule has 0 unspecified atom stereocenters. The first kappa shape index (κ1) is 20.0. The Kier molecular flexibility index (Phi) is 5.67. The molecule has 5 aromatic rings. The minimum atomic E-state index is 0.768. The molecule has 0 aliphatic rings. The fourth-order valence-corrected chi connectivity index (χ4v) is 4.24. The van der Waals surface area contributed by atoms with Crippen LogP contribution >= 0.6 is 11.8 Å². The van der Waals surface area contributed by atoms with Gasteiger partial charge in [-0.3, -0.25) is 9.55 Å². The number of ether oxygens (including phenoxy) is 1. The molecule has 0 saturated heterocycles. The number of methoxy groups -OCH3 is 1. The molecule has 0 N–H and O–H groups in total. The fourth-order valence-electron chi connectivity index (χ4n) is 3.33. The van der Waals surface area contributed by atoms with E-state index in [1.807, 2.05) is 53.3 Å². The molecule has 0 radical (unpaired) electrons. The van der Waals surface area contributed by atoms with Crippen LogP contribution in [0.1, 0.15) is 5.56 Å². The summed E-state index contributed by atoms with van der Waals surface area (Å²) >= 11 is 1.64. The number of pyridine rings is 1. The van der Waals surface area contributed by atoms with Gasteiger partial charge in [0.15, 0.2) is 11.0 Å². The molecule has 32 heavy (non-hydrogen) atoms. The van der Waals surface area contributed by atoms with Crippen LogP contribution in [0.15, 0.2) is 96.7 Å². The first-order chi connectivity index (χ1) is 15.8. The van der Waals surface area contributed by atoms with E-state index in [0.29, 0.717) is 0 Å². The Morgan fingerprint density at radius 3 is 2.28 bits per heavy atom. The Labute approximate surface area is 189 Å². The van der Waals surface area contributed by atoms with E-state index in [0.717, 1.165) is 39.4 Å². The minimum absolute atomic E-state index is 0.768. The van der Waals surface area contributed by atoms with Gasteiger partial charge < -0.3 is 4.74 Å². The molecule has 0 aliphatic heterocycles. The first-order valence-electron chi connectivity index (χ1n) is 10.0. The summed E-state index contributed by atoms with van der Waals surface area (Å²) in [5, 5.41) is 14.1. The molecule has 8 heteroatoms. The maximum atomic E-state index is 5.31. The quantitative estimate of drug-likeness (QED) is 0.338. The number of nitrogens with zero attached hydrogens (tertiary/aromatic N) is 6. The third-order valence-corrected chi connectivity index (χ3v) is 5.98. The summed E-state index contributed by atoms with van der Waals surface area (Å²) in [5.41, 5.74) is 4.16. The van der Waals surface area contributed by atoms with Crippen LogP contribution < -0.4 is 4.74 Å². The van der Waals surface area contributed by atoms with Crippen LogP contribution in [0.3, 0.4) is 0 Å². The monoisotopic (exact) mass is 440 g/mol. The summed E-state index contributed by atoms with van der Waals surface area (Å²) in [7, 11) is 1.66. The lowest BCUT2D eigenvalue weighted by molar-refractivity contribution is 0.414. The lowest BCUT2D eigenvalue weighted by Crippen LogP contribution is -2.00. The second-order valence-electron chi connectivity index (χ2n) is 6.98. The van der Waals surface area contributed by atoms with E-state index in [4.69, 9.17) is 4.74 Å². The van der Waals surface area contributed by atoms with Gasteiger partial charge in [0.05, 0.1) is 12.8 Å². The average Bonchev–Trinajstić information content (AvgIpc) is 3.54. The summed E-state index contributed by atoms with van der Waals surface area (Å²) in [6.07, 6.45) is 7.23. The summed E-state index contributed by atoms with van der Waals surface area (Å²) in [6, 6.07) is 22.0. The maximum Gasteiger partial charge on any atom is 0.196 e. The van der Waals surface area contributed by atoms with Gasteiger partial charge in [0.25, 0.3) is 0 Å². The molecule has 0 amide bonds. The SMILES string of the molecule is COc1ccc(-n2c(SCc3ccc(-n4cccn4)cc3)nnc2-c2ccncc2)cc1. The standard InChI is InChI=1S/C24H20N6OS/c1-31-22-9-7-21(8-10-22)30-23(19-11-14-25-15-12-19)27-28-24(30)32-17-18-3-5-20(6-4-18)29-16-2-13-26-29/h2-16H,17H2,1H3. The molecular weight excluding hydrogens is 420 g/mol. The van der Waals surface area contributed by atoms with Crippen LogP contribution in [0, 0.1) is 0 Å². The predicted molar refractivity (Wildman–Crippen MR) is 124 cm³/mol. The number of thioether (sulfide) groups is 1. The molecule has 0 saturated carbocycles. The summed E-state index contributed by atoms with van der Waals surface area (Å²) in [4.78, 5) is 4.12. The van der Waals surface area contributed by atoms with E-state index in [-0.39, 0.29) is 0 Å². The third-order valence-electron chi connectivity index (χ3n) is 4.98. The van der Waals surface area contributed by atoms with E-state index in [2.05, 4.69) is 49.1 Å². The zero-order valence-corrected chi connectivity index (χ0v) is 18.2. The number of benzene rings is 2. The maximum absolute atomic E-state index is 5.31. The second kappa shape index (κ2) is 9.07. The summed E-state index contributed by atoms with van der Waals surface area (Å²) in [5.74, 6) is 2.34. The van der Waals surface area contributed by atoms with Crippen molar-refractivity contribution in [2.75, 3.05) is 7.11 Å². The molecular formula is C24H20N6OS. The van der Waals surface area contributed by atoms with Crippen LogP contribution in [0.5, 0.6) is 5.75 Å². The van der Waals surface area contributed by atoms with Gasteiger partial charge in [-0.25, -0.2) is 4.68 Å². The van der Waals surface area contributed by atoms with Crippen molar-refractivity contribution in [1.29, 1.82) is 0 Å². The van der Waals surface area contributed by atoms with Crippen molar-refractivity contribution in [2.24, 2.45) is 0 Å². The highest BCUT2D eigenvalue weighted by molar-refractivity contribution is 7.98. The van der Waals surface area contributed by atoms with Gasteiger partial charge >= 0.3 is 0 Å². The highest BCUT2D eigenvalue weighted by atomic mass is 32.2. The van der Waals surface area contributed by atoms with Crippen molar-refractivity contribution < 1.29 is 4.74 Å². The number of aromatic nitrogens is 6. The fraction of sp³-hybridized carbons (Fsp3) is 0.0833. The van der Waals surface area contributed by atoms with E-state index < -0.39 is 0 Å². The van der Waals surface area contributed by atoms with Crippen LogP contribution in [-0.4, -0.2) is 36.6 Å². The normalized spacial score (nSPS) is 10.9. The van der Waals surface area contributed by atoms with Gasteiger partial charge in [0.2, 0.25) is 0 Å². The number of hydrogen-bond donors (Lipinski definition) is 0. The summed E-state index contributed by atoms with van der Waals surface area (Å²) in [6.45, 7) is 0. The third kappa shape index (κ3) is 4.13. The van der Waals surface area contributed by atoms with E-state index in [1.165, 1.54) is 5.56 Å². The molecule has 3 heterocycles. The smallest absolute Gasteiger partial charge is 0.196 e. The Morgan fingerprint density at radius 2 is 1.59 bits per heavy atom. The largest absolute Gasteiger partial charge is 0.497 e. The molecule has 3 aromatic heterocycles. The van der Waals surface area contributed by atoms with Gasteiger partial charge in [-0.05, 0) is 60.2 Å². The predicted octanol–water partition coefficient (Wildman–Crippen LogP) is 4.82. The molecule has 0 aliphatic carbocycles. The van der Waals surface area contributed by atoms with Gasteiger partial charge in [0.1, 0.15) is 5.75 Å². The van der Waals surface area contributed by atoms with Gasteiger partial charge in [0, 0.05) is 41.8 Å². The lowest BCUT2D eigenvalue weighted by Gasteiger charge is -2.11. The van der Waals surface area contributed by atoms with Gasteiger partial charge in [-0.15, -0.1) is 10.2 Å². The van der Waals surface area contributed by atoms with Crippen LogP contribution in [0.25, 0.3) is 22.8 Å². The Balaban J connectivity index is 1.43. The Hall–Kier alpha value is -3.91. The lowest BCUT2D eigenvalue weighted by atomic mass is 10.2. The van der Waals surface area contributed by atoms with E-state index in [1.54, 1.807) is 37.5 Å². The van der Waals surface area contributed by atoms with Crippen molar-refractivity contribution in [3.05, 3.63) is 97.1 Å². The van der Waals surface area contributed by atoms with Crippen LogP contribution in [-0.2, 0) is 5.75 Å². The van der Waals surface area contributed by atoms with Crippen molar-refractivity contribution in [3.63, 3.8) is 0 Å². The highest BCUT2D eigenvalue weighted by Gasteiger charge is 2.16. The molecule has 0 bridgehead atoms. The van der Waals surface area contributed by atoms with Crippen molar-refractivity contribution >= 4 is 11.8 Å². The highest BCUT2D eigenvalue weighted by Crippen LogP contribution is 2.30. The van der Waals surface area contributed by atoms with Crippen LogP contribution in [0.4, 0.5) is 0 Å². The zero-order chi connectivity index (χ0) is 21.8. The first-order valence-corrected chi connectivity index (χ1v) is 11.0. The molecule has 0 spiro atoms. The Bertz CT molecular complexity index is 1280. The van der Waals surface area contributed by atoms with Crippen molar-refractivity contribution in [1.82, 2.24) is 29.5 Å². The molecule has 7 nitrogen and oxygen atoms in total. The van der Waals surface area contributed by atoms with Crippen molar-refractivity contribution in [3.8, 4) is 28.5 Å². The Morgan fingerprint density at radius 1 is 0.844 bits per heavy atom. The van der Waals surface area contributed by atoms with E-state index in [9.17, 15) is 0 Å². The zero-order valence-electron chi connectivity index (χ0n) is 17.4. The number of rotatable bonds is 7. The summed E-state index contributed by atoms with van der Waals surface area (Å²) < 4.78 is 9.23. The molecule has 0 fully saturated rings. The van der Waals surface area contributed by atoms with Gasteiger partial charge in [-0.2, -0.15) is 5.10 Å². The van der Waals surface area contributed by atoms with E-state index >= 15 is 0 Å². The molecule has 5 rings (SSSR count). The molecule has 158 valence electrons. The number of hydrogen-bond acceptors (Lipinski definition) is 6. The second-order valence-corrected chi connectivity index (χ2v) is 7.92. The molecule has 2 aromatic carbocycles. The average molecular weight is 441 g/mol.